The second-order valence-corrected chi connectivity index (χ2v) is 8.12. The fourth-order valence-electron chi connectivity index (χ4n) is 4.11. The van der Waals surface area contributed by atoms with Gasteiger partial charge in [-0.25, -0.2) is 9.96 Å². The molecule has 3 aromatic carbocycles. The van der Waals surface area contributed by atoms with Crippen LogP contribution < -0.4 is 9.96 Å². The highest BCUT2D eigenvalue weighted by Crippen LogP contribution is 2.49. The fraction of sp³-hybridized carbons (Fsp3) is 0.130. The summed E-state index contributed by atoms with van der Waals surface area (Å²) in [5.41, 5.74) is 1.73. The van der Waals surface area contributed by atoms with Gasteiger partial charge in [0.25, 0.3) is 5.91 Å². The summed E-state index contributed by atoms with van der Waals surface area (Å²) in [6.07, 6.45) is -0.967. The van der Waals surface area contributed by atoms with Crippen LogP contribution in [0.2, 0.25) is 0 Å². The van der Waals surface area contributed by atoms with E-state index in [9.17, 15) is 14.7 Å². The fourth-order valence-corrected chi connectivity index (χ4v) is 4.38. The number of hydroxylamine groups is 1. The number of nitrogens with zero attached hydrogens (tertiary/aromatic N) is 2. The van der Waals surface area contributed by atoms with Crippen LogP contribution in [0.25, 0.3) is 0 Å². The van der Waals surface area contributed by atoms with Crippen molar-refractivity contribution < 1.29 is 19.5 Å². The molecule has 2 amide bonds. The molecule has 0 radical (unpaired) electrons. The summed E-state index contributed by atoms with van der Waals surface area (Å²) < 4.78 is 0.851. The van der Waals surface area contributed by atoms with E-state index in [-0.39, 0.29) is 11.7 Å². The summed E-state index contributed by atoms with van der Waals surface area (Å²) >= 11 is 3.37. The second-order valence-electron chi connectivity index (χ2n) is 7.21. The highest BCUT2D eigenvalue weighted by molar-refractivity contribution is 9.10. The van der Waals surface area contributed by atoms with E-state index in [1.54, 1.807) is 53.6 Å². The molecule has 0 saturated carbocycles. The third kappa shape index (κ3) is 2.89. The molecule has 1 N–H and O–H groups in total. The zero-order valence-corrected chi connectivity index (χ0v) is 17.3. The molecule has 150 valence electrons. The Morgan fingerprint density at radius 1 is 0.800 bits per heavy atom. The molecule has 3 aromatic rings. The number of para-hydroxylation sites is 2. The minimum Gasteiger partial charge on any atom is -0.508 e. The summed E-state index contributed by atoms with van der Waals surface area (Å²) in [5.74, 6) is -1.49. The highest BCUT2D eigenvalue weighted by atomic mass is 79.9. The number of aromatic hydroxyl groups is 1. The SMILES string of the molecule is O=C1[C@@H]2[C@@H](c3ccccc3O)N(c3ccccc3)O[C@H]2C(=O)N1c1ccc(Br)cc1. The van der Waals surface area contributed by atoms with E-state index < -0.39 is 24.0 Å². The van der Waals surface area contributed by atoms with Crippen LogP contribution in [0.4, 0.5) is 11.4 Å². The maximum absolute atomic E-state index is 13.5. The molecule has 0 unspecified atom stereocenters. The van der Waals surface area contributed by atoms with Gasteiger partial charge in [-0.2, -0.15) is 0 Å². The first-order valence-corrected chi connectivity index (χ1v) is 10.3. The van der Waals surface area contributed by atoms with Crippen molar-refractivity contribution in [3.63, 3.8) is 0 Å². The van der Waals surface area contributed by atoms with Gasteiger partial charge in [0.1, 0.15) is 11.7 Å². The number of amides is 2. The number of phenols is 1. The molecule has 0 bridgehead atoms. The second kappa shape index (κ2) is 7.27. The lowest BCUT2D eigenvalue weighted by Gasteiger charge is -2.29. The van der Waals surface area contributed by atoms with Crippen LogP contribution in [0.15, 0.2) is 83.3 Å². The quantitative estimate of drug-likeness (QED) is 0.588. The molecule has 5 rings (SSSR count). The summed E-state index contributed by atoms with van der Waals surface area (Å²) in [6, 6.07) is 22.4. The minimum absolute atomic E-state index is 0.0509. The Morgan fingerprint density at radius 3 is 2.17 bits per heavy atom. The average molecular weight is 465 g/mol. The average Bonchev–Trinajstić information content (AvgIpc) is 3.26. The highest BCUT2D eigenvalue weighted by Gasteiger charge is 2.60. The summed E-state index contributed by atoms with van der Waals surface area (Å²) in [6.45, 7) is 0. The van der Waals surface area contributed by atoms with Crippen LogP contribution in [0, 0.1) is 5.92 Å². The van der Waals surface area contributed by atoms with Crippen LogP contribution in [0.1, 0.15) is 11.6 Å². The van der Waals surface area contributed by atoms with E-state index in [2.05, 4.69) is 15.9 Å². The van der Waals surface area contributed by atoms with Crippen molar-refractivity contribution in [2.24, 2.45) is 5.92 Å². The standard InChI is InChI=1S/C23H17BrN2O4/c24-14-10-12-15(13-11-14)25-22(28)19-20(17-8-4-5-9-18(17)27)26(30-21(19)23(25)29)16-6-2-1-3-7-16/h1-13,19-21,27H/t19-,20-,21-/m1/s1. The molecule has 2 aliphatic rings. The first-order chi connectivity index (χ1) is 14.6. The number of rotatable bonds is 3. The molecule has 2 saturated heterocycles. The summed E-state index contributed by atoms with van der Waals surface area (Å²) in [4.78, 5) is 33.9. The lowest BCUT2D eigenvalue weighted by atomic mass is 9.90. The van der Waals surface area contributed by atoms with Gasteiger partial charge in [0.2, 0.25) is 5.91 Å². The van der Waals surface area contributed by atoms with E-state index in [4.69, 9.17) is 4.84 Å². The van der Waals surface area contributed by atoms with Crippen molar-refractivity contribution in [3.8, 4) is 5.75 Å². The first-order valence-electron chi connectivity index (χ1n) is 9.48. The molecule has 0 aliphatic carbocycles. The molecular weight excluding hydrogens is 448 g/mol. The Kier molecular flexibility index (Phi) is 4.56. The van der Waals surface area contributed by atoms with Crippen LogP contribution >= 0.6 is 15.9 Å². The third-order valence-corrected chi connectivity index (χ3v) is 5.99. The van der Waals surface area contributed by atoms with Gasteiger partial charge in [0.05, 0.1) is 17.4 Å². The lowest BCUT2D eigenvalue weighted by molar-refractivity contribution is -0.126. The summed E-state index contributed by atoms with van der Waals surface area (Å²) in [5, 5.41) is 12.1. The molecule has 30 heavy (non-hydrogen) atoms. The number of anilines is 2. The Labute approximate surface area is 181 Å². The van der Waals surface area contributed by atoms with Crippen molar-refractivity contribution in [3.05, 3.63) is 88.9 Å². The molecule has 2 heterocycles. The molecular formula is C23H17BrN2O4. The van der Waals surface area contributed by atoms with Gasteiger partial charge >= 0.3 is 0 Å². The molecule has 6 nitrogen and oxygen atoms in total. The van der Waals surface area contributed by atoms with Gasteiger partial charge < -0.3 is 5.11 Å². The predicted molar refractivity (Wildman–Crippen MR) is 115 cm³/mol. The smallest absolute Gasteiger partial charge is 0.266 e. The van der Waals surface area contributed by atoms with Gasteiger partial charge in [-0.1, -0.05) is 52.3 Å². The lowest BCUT2D eigenvalue weighted by Crippen LogP contribution is -2.37. The van der Waals surface area contributed by atoms with Gasteiger partial charge in [-0.3, -0.25) is 14.4 Å². The maximum atomic E-state index is 13.5. The van der Waals surface area contributed by atoms with Crippen LogP contribution in [-0.4, -0.2) is 23.0 Å². The summed E-state index contributed by atoms with van der Waals surface area (Å²) in [7, 11) is 0. The number of carbonyl (C=O) groups is 2. The third-order valence-electron chi connectivity index (χ3n) is 5.47. The first kappa shape index (κ1) is 18.8. The van der Waals surface area contributed by atoms with Gasteiger partial charge in [-0.15, -0.1) is 0 Å². The molecule has 3 atom stereocenters. The Balaban J connectivity index is 1.60. The van der Waals surface area contributed by atoms with E-state index >= 15 is 0 Å². The number of benzene rings is 3. The van der Waals surface area contributed by atoms with Gasteiger partial charge in [0.15, 0.2) is 6.10 Å². The predicted octanol–water partition coefficient (Wildman–Crippen LogP) is 4.21. The topological polar surface area (TPSA) is 70.1 Å². The maximum Gasteiger partial charge on any atom is 0.266 e. The normalized spacial score (nSPS) is 23.2. The number of imide groups is 1. The number of fused-ring (bicyclic) bond motifs is 1. The Bertz CT molecular complexity index is 1120. The molecule has 0 spiro atoms. The van der Waals surface area contributed by atoms with E-state index in [1.807, 2.05) is 30.3 Å². The number of halogens is 1. The van der Waals surface area contributed by atoms with Crippen molar-refractivity contribution in [1.29, 1.82) is 0 Å². The zero-order chi connectivity index (χ0) is 20.8. The Hall–Kier alpha value is -3.16. The van der Waals surface area contributed by atoms with Crippen molar-refractivity contribution in [1.82, 2.24) is 0 Å². The molecule has 2 fully saturated rings. The number of hydrogen-bond donors (Lipinski definition) is 1. The molecule has 0 aromatic heterocycles. The van der Waals surface area contributed by atoms with E-state index in [1.165, 1.54) is 4.90 Å². The van der Waals surface area contributed by atoms with Crippen molar-refractivity contribution >= 4 is 39.1 Å². The monoisotopic (exact) mass is 464 g/mol. The van der Waals surface area contributed by atoms with Crippen LogP contribution in [0.3, 0.4) is 0 Å². The van der Waals surface area contributed by atoms with Gasteiger partial charge in [0, 0.05) is 10.0 Å². The van der Waals surface area contributed by atoms with Crippen molar-refractivity contribution in [2.45, 2.75) is 12.1 Å². The number of hydrogen-bond acceptors (Lipinski definition) is 5. The number of phenolic OH excluding ortho intramolecular Hbond substituents is 1. The largest absolute Gasteiger partial charge is 0.508 e. The number of carbonyl (C=O) groups excluding carboxylic acids is 2. The zero-order valence-electron chi connectivity index (χ0n) is 15.7. The molecule has 7 heteroatoms. The van der Waals surface area contributed by atoms with E-state index in [0.29, 0.717) is 16.9 Å². The Morgan fingerprint density at radius 2 is 1.47 bits per heavy atom. The molecule has 2 aliphatic heterocycles. The van der Waals surface area contributed by atoms with Gasteiger partial charge in [-0.05, 0) is 42.5 Å². The minimum atomic E-state index is -0.967. The van der Waals surface area contributed by atoms with E-state index in [0.717, 1.165) is 4.47 Å². The van der Waals surface area contributed by atoms with Crippen molar-refractivity contribution in [2.75, 3.05) is 9.96 Å². The van der Waals surface area contributed by atoms with Crippen LogP contribution in [0.5, 0.6) is 5.75 Å². The van der Waals surface area contributed by atoms with Crippen LogP contribution in [-0.2, 0) is 14.4 Å².